The van der Waals surface area contributed by atoms with Crippen molar-refractivity contribution in [1.82, 2.24) is 20.0 Å². The maximum atomic E-state index is 5.41. The third-order valence-corrected chi connectivity index (χ3v) is 3.87. The van der Waals surface area contributed by atoms with Gasteiger partial charge >= 0.3 is 0 Å². The van der Waals surface area contributed by atoms with Crippen LogP contribution < -0.4 is 9.47 Å². The van der Waals surface area contributed by atoms with Crippen LogP contribution in [0.25, 0.3) is 11.3 Å². The first kappa shape index (κ1) is 16.0. The fourth-order valence-electron chi connectivity index (χ4n) is 2.71. The summed E-state index contributed by atoms with van der Waals surface area (Å²) in [6.45, 7) is 4.55. The van der Waals surface area contributed by atoms with Crippen LogP contribution in [-0.2, 0) is 6.54 Å². The molecular weight excluding hydrogens is 304 g/mol. The zero-order chi connectivity index (χ0) is 17.1. The van der Waals surface area contributed by atoms with Crippen LogP contribution in [0.15, 0.2) is 36.5 Å². The molecule has 6 heteroatoms. The van der Waals surface area contributed by atoms with Gasteiger partial charge in [0.1, 0.15) is 11.4 Å². The van der Waals surface area contributed by atoms with Gasteiger partial charge in [0, 0.05) is 16.8 Å². The molecule has 0 bridgehead atoms. The fourth-order valence-corrected chi connectivity index (χ4v) is 2.71. The van der Waals surface area contributed by atoms with Gasteiger partial charge in [0.15, 0.2) is 0 Å². The molecule has 0 atom stereocenters. The number of aromatic nitrogens is 4. The SMILES string of the molecule is COc1ccccc1-c1cn(Cc2c(C)cc(C)nc2OC)nn1. The van der Waals surface area contributed by atoms with E-state index in [1.54, 1.807) is 18.9 Å². The van der Waals surface area contributed by atoms with Gasteiger partial charge in [0.05, 0.1) is 27.0 Å². The molecule has 0 saturated carbocycles. The van der Waals surface area contributed by atoms with E-state index < -0.39 is 0 Å². The molecule has 0 aliphatic carbocycles. The Balaban J connectivity index is 1.93. The summed E-state index contributed by atoms with van der Waals surface area (Å²) in [5, 5.41) is 8.50. The Labute approximate surface area is 141 Å². The number of rotatable bonds is 5. The molecule has 2 aromatic heterocycles. The lowest BCUT2D eigenvalue weighted by molar-refractivity contribution is 0.388. The maximum absolute atomic E-state index is 5.41. The monoisotopic (exact) mass is 324 g/mol. The Kier molecular flexibility index (Phi) is 4.46. The van der Waals surface area contributed by atoms with Crippen LogP contribution in [0.1, 0.15) is 16.8 Å². The molecule has 24 heavy (non-hydrogen) atoms. The van der Waals surface area contributed by atoms with Crippen LogP contribution in [0.4, 0.5) is 0 Å². The quantitative estimate of drug-likeness (QED) is 0.722. The van der Waals surface area contributed by atoms with Crippen molar-refractivity contribution in [2.24, 2.45) is 0 Å². The minimum atomic E-state index is 0.546. The first-order valence-electron chi connectivity index (χ1n) is 7.67. The van der Waals surface area contributed by atoms with Crippen molar-refractivity contribution in [2.45, 2.75) is 20.4 Å². The summed E-state index contributed by atoms with van der Waals surface area (Å²) >= 11 is 0. The molecule has 0 amide bonds. The van der Waals surface area contributed by atoms with Gasteiger partial charge in [0.25, 0.3) is 0 Å². The first-order valence-corrected chi connectivity index (χ1v) is 7.67. The normalized spacial score (nSPS) is 10.7. The highest BCUT2D eigenvalue weighted by atomic mass is 16.5. The zero-order valence-corrected chi connectivity index (χ0v) is 14.3. The van der Waals surface area contributed by atoms with Gasteiger partial charge in [-0.3, -0.25) is 0 Å². The summed E-state index contributed by atoms with van der Waals surface area (Å²) in [5.74, 6) is 1.40. The van der Waals surface area contributed by atoms with Gasteiger partial charge in [-0.2, -0.15) is 0 Å². The first-order chi connectivity index (χ1) is 11.6. The van der Waals surface area contributed by atoms with Crippen LogP contribution in [-0.4, -0.2) is 34.2 Å². The third kappa shape index (κ3) is 3.08. The summed E-state index contributed by atoms with van der Waals surface area (Å²) in [6.07, 6.45) is 1.90. The lowest BCUT2D eigenvalue weighted by atomic mass is 10.1. The number of aryl methyl sites for hydroxylation is 2. The predicted molar refractivity (Wildman–Crippen MR) is 91.4 cm³/mol. The topological polar surface area (TPSA) is 62.1 Å². The third-order valence-electron chi connectivity index (χ3n) is 3.87. The molecule has 0 saturated heterocycles. The number of hydrogen-bond acceptors (Lipinski definition) is 5. The van der Waals surface area contributed by atoms with Crippen LogP contribution in [0.3, 0.4) is 0 Å². The van der Waals surface area contributed by atoms with Gasteiger partial charge in [-0.1, -0.05) is 17.3 Å². The van der Waals surface area contributed by atoms with Crippen LogP contribution >= 0.6 is 0 Å². The van der Waals surface area contributed by atoms with E-state index in [2.05, 4.69) is 15.3 Å². The lowest BCUT2D eigenvalue weighted by Gasteiger charge is -2.11. The summed E-state index contributed by atoms with van der Waals surface area (Å²) in [5.41, 5.74) is 4.73. The van der Waals surface area contributed by atoms with E-state index in [0.29, 0.717) is 12.4 Å². The highest BCUT2D eigenvalue weighted by Gasteiger charge is 2.13. The summed E-state index contributed by atoms with van der Waals surface area (Å²) in [6, 6.07) is 9.79. The molecule has 3 aromatic rings. The average Bonchev–Trinajstić information content (AvgIpc) is 3.05. The largest absolute Gasteiger partial charge is 0.496 e. The van der Waals surface area contributed by atoms with E-state index >= 15 is 0 Å². The Bertz CT molecular complexity index is 858. The number of methoxy groups -OCH3 is 2. The number of hydrogen-bond donors (Lipinski definition) is 0. The van der Waals surface area contributed by atoms with Crippen molar-refractivity contribution in [3.8, 4) is 22.9 Å². The van der Waals surface area contributed by atoms with E-state index in [1.807, 2.05) is 50.4 Å². The fraction of sp³-hybridized carbons (Fsp3) is 0.278. The Morgan fingerprint density at radius 2 is 1.88 bits per heavy atom. The van der Waals surface area contributed by atoms with E-state index in [4.69, 9.17) is 9.47 Å². The number of pyridine rings is 1. The van der Waals surface area contributed by atoms with Crippen molar-refractivity contribution in [2.75, 3.05) is 14.2 Å². The second-order valence-corrected chi connectivity index (χ2v) is 5.57. The van der Waals surface area contributed by atoms with Gasteiger partial charge in [-0.25, -0.2) is 9.67 Å². The average molecular weight is 324 g/mol. The van der Waals surface area contributed by atoms with Crippen molar-refractivity contribution in [3.05, 3.63) is 53.3 Å². The zero-order valence-electron chi connectivity index (χ0n) is 14.3. The molecule has 3 rings (SSSR count). The van der Waals surface area contributed by atoms with Gasteiger partial charge < -0.3 is 9.47 Å². The van der Waals surface area contributed by atoms with E-state index in [-0.39, 0.29) is 0 Å². The van der Waals surface area contributed by atoms with Crippen molar-refractivity contribution in [3.63, 3.8) is 0 Å². The second kappa shape index (κ2) is 6.70. The molecule has 6 nitrogen and oxygen atoms in total. The standard InChI is InChI=1S/C18H20N4O2/c1-12-9-13(2)19-18(24-4)15(12)10-22-11-16(20-21-22)14-7-5-6-8-17(14)23-3/h5-9,11H,10H2,1-4H3. The molecular formula is C18H20N4O2. The van der Waals surface area contributed by atoms with Crippen molar-refractivity contribution < 1.29 is 9.47 Å². The highest BCUT2D eigenvalue weighted by molar-refractivity contribution is 5.66. The molecule has 0 spiro atoms. The predicted octanol–water partition coefficient (Wildman–Crippen LogP) is 3.02. The van der Waals surface area contributed by atoms with Gasteiger partial charge in [-0.15, -0.1) is 5.10 Å². The number of benzene rings is 1. The number of para-hydroxylation sites is 1. The van der Waals surface area contributed by atoms with Gasteiger partial charge in [-0.05, 0) is 37.6 Å². The van der Waals surface area contributed by atoms with Crippen LogP contribution in [0.2, 0.25) is 0 Å². The Morgan fingerprint density at radius 3 is 2.62 bits per heavy atom. The molecule has 0 aliphatic rings. The lowest BCUT2D eigenvalue weighted by Crippen LogP contribution is -2.06. The number of ether oxygens (including phenoxy) is 2. The van der Waals surface area contributed by atoms with E-state index in [0.717, 1.165) is 33.8 Å². The van der Waals surface area contributed by atoms with E-state index in [1.165, 1.54) is 0 Å². The molecule has 0 unspecified atom stereocenters. The Hall–Kier alpha value is -2.89. The molecule has 0 aliphatic heterocycles. The molecule has 0 N–H and O–H groups in total. The maximum Gasteiger partial charge on any atom is 0.218 e. The molecule has 0 fully saturated rings. The molecule has 0 radical (unpaired) electrons. The van der Waals surface area contributed by atoms with Gasteiger partial charge in [0.2, 0.25) is 5.88 Å². The minimum Gasteiger partial charge on any atom is -0.496 e. The molecule has 2 heterocycles. The summed E-state index contributed by atoms with van der Waals surface area (Å²) in [7, 11) is 3.28. The van der Waals surface area contributed by atoms with Crippen molar-refractivity contribution in [1.29, 1.82) is 0 Å². The van der Waals surface area contributed by atoms with Crippen LogP contribution in [0, 0.1) is 13.8 Å². The smallest absolute Gasteiger partial charge is 0.218 e. The summed E-state index contributed by atoms with van der Waals surface area (Å²) in [4.78, 5) is 4.44. The number of nitrogens with zero attached hydrogens (tertiary/aromatic N) is 4. The summed E-state index contributed by atoms with van der Waals surface area (Å²) < 4.78 is 12.6. The second-order valence-electron chi connectivity index (χ2n) is 5.57. The van der Waals surface area contributed by atoms with Crippen molar-refractivity contribution >= 4 is 0 Å². The Morgan fingerprint density at radius 1 is 1.08 bits per heavy atom. The minimum absolute atomic E-state index is 0.546. The van der Waals surface area contributed by atoms with E-state index in [9.17, 15) is 0 Å². The highest BCUT2D eigenvalue weighted by Crippen LogP contribution is 2.28. The molecule has 1 aromatic carbocycles. The molecule has 124 valence electrons. The van der Waals surface area contributed by atoms with Crippen LogP contribution in [0.5, 0.6) is 11.6 Å².